The maximum absolute atomic E-state index is 11.8. The lowest BCUT2D eigenvalue weighted by molar-refractivity contribution is 0.0526. The highest BCUT2D eigenvalue weighted by molar-refractivity contribution is 5.95. The van der Waals surface area contributed by atoms with E-state index in [0.29, 0.717) is 46.6 Å². The number of phenols is 1. The second-order valence-electron chi connectivity index (χ2n) is 4.89. The molecule has 0 radical (unpaired) electrons. The average molecular weight is 312 g/mol. The summed E-state index contributed by atoms with van der Waals surface area (Å²) in [6.07, 6.45) is 0. The van der Waals surface area contributed by atoms with Crippen LogP contribution in [0.2, 0.25) is 0 Å². The van der Waals surface area contributed by atoms with Crippen molar-refractivity contribution in [3.8, 4) is 11.5 Å². The van der Waals surface area contributed by atoms with Crippen molar-refractivity contribution in [1.82, 2.24) is 9.97 Å². The Morgan fingerprint density at radius 2 is 1.70 bits per heavy atom. The molecule has 0 unspecified atom stereocenters. The van der Waals surface area contributed by atoms with Crippen LogP contribution in [-0.4, -0.2) is 34.3 Å². The first-order chi connectivity index (χ1) is 11.1. The number of esters is 1. The number of phenolic OH excluding ortho intramolecular Hbond substituents is 1. The van der Waals surface area contributed by atoms with Crippen molar-refractivity contribution in [1.29, 1.82) is 0 Å². The molecular weight excluding hydrogens is 296 g/mol. The van der Waals surface area contributed by atoms with Gasteiger partial charge in [-0.2, -0.15) is 0 Å². The Hall–Kier alpha value is -2.89. The van der Waals surface area contributed by atoms with Gasteiger partial charge in [0, 0.05) is 12.1 Å². The largest absolute Gasteiger partial charge is 0.504 e. The topological polar surface area (TPSA) is 81.5 Å². The summed E-state index contributed by atoms with van der Waals surface area (Å²) < 4.78 is 10.3. The monoisotopic (exact) mass is 312 g/mol. The minimum Gasteiger partial charge on any atom is -0.504 e. The third-order valence-electron chi connectivity index (χ3n) is 3.32. The summed E-state index contributed by atoms with van der Waals surface area (Å²) in [5.74, 6) is -0.0108. The van der Waals surface area contributed by atoms with E-state index in [9.17, 15) is 9.90 Å². The summed E-state index contributed by atoms with van der Waals surface area (Å²) in [5, 5.41) is 9.93. The van der Waals surface area contributed by atoms with Gasteiger partial charge >= 0.3 is 5.97 Å². The van der Waals surface area contributed by atoms with Gasteiger partial charge in [0.1, 0.15) is 0 Å². The number of benzene rings is 2. The molecule has 0 aliphatic rings. The number of aromatic nitrogens is 2. The Labute approximate surface area is 132 Å². The second kappa shape index (κ2) is 6.08. The molecule has 0 spiro atoms. The van der Waals surface area contributed by atoms with Gasteiger partial charge in [0.2, 0.25) is 0 Å². The van der Waals surface area contributed by atoms with E-state index in [1.807, 2.05) is 6.92 Å². The highest BCUT2D eigenvalue weighted by Gasteiger charge is 2.11. The van der Waals surface area contributed by atoms with E-state index in [2.05, 4.69) is 9.97 Å². The molecule has 0 aliphatic heterocycles. The number of nitrogens with zero attached hydrogens (tertiary/aromatic N) is 2. The molecule has 118 valence electrons. The first-order valence-electron chi connectivity index (χ1n) is 7.36. The molecule has 3 aromatic rings. The Kier molecular flexibility index (Phi) is 3.97. The predicted octanol–water partition coefficient (Wildman–Crippen LogP) is 3.06. The lowest BCUT2D eigenvalue weighted by Gasteiger charge is -2.08. The van der Waals surface area contributed by atoms with Gasteiger partial charge in [0.25, 0.3) is 0 Å². The van der Waals surface area contributed by atoms with E-state index in [1.54, 1.807) is 31.2 Å². The van der Waals surface area contributed by atoms with E-state index >= 15 is 0 Å². The zero-order valence-electron chi connectivity index (χ0n) is 12.9. The van der Waals surface area contributed by atoms with Crippen LogP contribution in [0.1, 0.15) is 24.2 Å². The van der Waals surface area contributed by atoms with Gasteiger partial charge in [-0.1, -0.05) is 0 Å². The van der Waals surface area contributed by atoms with E-state index in [4.69, 9.17) is 9.47 Å². The average Bonchev–Trinajstić information content (AvgIpc) is 2.54. The lowest BCUT2D eigenvalue weighted by atomic mass is 10.2. The van der Waals surface area contributed by atoms with Gasteiger partial charge in [-0.25, -0.2) is 14.8 Å². The van der Waals surface area contributed by atoms with Gasteiger partial charge in [-0.05, 0) is 32.0 Å². The molecule has 23 heavy (non-hydrogen) atoms. The zero-order valence-corrected chi connectivity index (χ0v) is 12.9. The predicted molar refractivity (Wildman–Crippen MR) is 85.8 cm³/mol. The van der Waals surface area contributed by atoms with Crippen LogP contribution in [0.25, 0.3) is 22.1 Å². The Morgan fingerprint density at radius 1 is 1.00 bits per heavy atom. The van der Waals surface area contributed by atoms with Crippen LogP contribution < -0.4 is 4.74 Å². The molecule has 2 aromatic carbocycles. The normalized spacial score (nSPS) is 10.9. The van der Waals surface area contributed by atoms with Crippen molar-refractivity contribution in [3.63, 3.8) is 0 Å². The smallest absolute Gasteiger partial charge is 0.338 e. The molecule has 6 heteroatoms. The summed E-state index contributed by atoms with van der Waals surface area (Å²) in [5.41, 5.74) is 2.78. The van der Waals surface area contributed by atoms with Gasteiger partial charge in [-0.3, -0.25) is 0 Å². The molecule has 1 heterocycles. The van der Waals surface area contributed by atoms with Crippen LogP contribution in [0, 0.1) is 0 Å². The van der Waals surface area contributed by atoms with E-state index in [1.165, 1.54) is 6.07 Å². The van der Waals surface area contributed by atoms with Crippen LogP contribution in [0.15, 0.2) is 30.3 Å². The minimum atomic E-state index is -0.392. The molecule has 1 N–H and O–H groups in total. The summed E-state index contributed by atoms with van der Waals surface area (Å²) >= 11 is 0. The fraction of sp³-hybridized carbons (Fsp3) is 0.235. The van der Waals surface area contributed by atoms with Crippen molar-refractivity contribution < 1.29 is 19.4 Å². The highest BCUT2D eigenvalue weighted by atomic mass is 16.5. The molecule has 0 fully saturated rings. The number of hydrogen-bond acceptors (Lipinski definition) is 6. The summed E-state index contributed by atoms with van der Waals surface area (Å²) in [4.78, 5) is 20.8. The molecular formula is C17H16N2O4. The fourth-order valence-corrected chi connectivity index (χ4v) is 2.31. The maximum atomic E-state index is 11.8. The van der Waals surface area contributed by atoms with Crippen LogP contribution in [0.3, 0.4) is 0 Å². The minimum absolute atomic E-state index is 0.0242. The Morgan fingerprint density at radius 3 is 2.43 bits per heavy atom. The standard InChI is InChI=1S/C17H16N2O4/c1-3-22-16-9-14-13(8-15(16)20)18-11-6-5-10(7-12(11)19-14)17(21)23-4-2/h5-9,20H,3-4H2,1-2H3. The summed E-state index contributed by atoms with van der Waals surface area (Å²) in [7, 11) is 0. The molecule has 0 atom stereocenters. The Balaban J connectivity index is 2.14. The zero-order chi connectivity index (χ0) is 16.4. The SMILES string of the molecule is CCOC(=O)c1ccc2nc3cc(O)c(OCC)cc3nc2c1. The first-order valence-corrected chi connectivity index (χ1v) is 7.36. The number of carbonyl (C=O) groups excluding carboxylic acids is 1. The summed E-state index contributed by atoms with van der Waals surface area (Å²) in [6.45, 7) is 4.35. The van der Waals surface area contributed by atoms with Crippen molar-refractivity contribution in [2.24, 2.45) is 0 Å². The number of hydrogen-bond donors (Lipinski definition) is 1. The van der Waals surface area contributed by atoms with Crippen LogP contribution in [0.5, 0.6) is 11.5 Å². The molecule has 1 aromatic heterocycles. The number of ether oxygens (including phenoxy) is 2. The molecule has 3 rings (SSSR count). The highest BCUT2D eigenvalue weighted by Crippen LogP contribution is 2.30. The van der Waals surface area contributed by atoms with Crippen molar-refractivity contribution in [2.75, 3.05) is 13.2 Å². The van der Waals surface area contributed by atoms with E-state index in [-0.39, 0.29) is 5.75 Å². The van der Waals surface area contributed by atoms with Gasteiger partial charge in [0.15, 0.2) is 11.5 Å². The quantitative estimate of drug-likeness (QED) is 0.589. The number of fused-ring (bicyclic) bond motifs is 2. The summed E-state index contributed by atoms with van der Waals surface area (Å²) in [6, 6.07) is 8.16. The maximum Gasteiger partial charge on any atom is 0.338 e. The molecule has 0 saturated heterocycles. The van der Waals surface area contributed by atoms with Gasteiger partial charge in [-0.15, -0.1) is 0 Å². The Bertz CT molecular complexity index is 893. The van der Waals surface area contributed by atoms with Gasteiger partial charge in [0.05, 0.1) is 40.8 Å². The lowest BCUT2D eigenvalue weighted by Crippen LogP contribution is -2.04. The molecule has 0 saturated carbocycles. The second-order valence-corrected chi connectivity index (χ2v) is 4.89. The number of rotatable bonds is 4. The van der Waals surface area contributed by atoms with E-state index < -0.39 is 5.97 Å². The van der Waals surface area contributed by atoms with E-state index in [0.717, 1.165) is 0 Å². The molecule has 0 aliphatic carbocycles. The molecule has 0 bridgehead atoms. The number of aromatic hydroxyl groups is 1. The van der Waals surface area contributed by atoms with Crippen molar-refractivity contribution in [3.05, 3.63) is 35.9 Å². The third-order valence-corrected chi connectivity index (χ3v) is 3.32. The van der Waals surface area contributed by atoms with Crippen LogP contribution in [0.4, 0.5) is 0 Å². The van der Waals surface area contributed by atoms with Crippen LogP contribution in [-0.2, 0) is 4.74 Å². The van der Waals surface area contributed by atoms with Gasteiger partial charge < -0.3 is 14.6 Å². The third kappa shape index (κ3) is 2.88. The van der Waals surface area contributed by atoms with Crippen LogP contribution >= 0.6 is 0 Å². The first kappa shape index (κ1) is 15.0. The van der Waals surface area contributed by atoms with Crippen molar-refractivity contribution >= 4 is 28.0 Å². The van der Waals surface area contributed by atoms with Crippen molar-refractivity contribution in [2.45, 2.75) is 13.8 Å². The fourth-order valence-electron chi connectivity index (χ4n) is 2.31. The molecule has 0 amide bonds. The number of carbonyl (C=O) groups is 1. The molecule has 6 nitrogen and oxygen atoms in total.